The minimum absolute atomic E-state index is 0.421. The molecule has 2 aliphatic rings. The molecule has 1 fully saturated rings. The lowest BCUT2D eigenvalue weighted by Gasteiger charge is -2.36. The summed E-state index contributed by atoms with van der Waals surface area (Å²) >= 11 is 0. The molecule has 1 saturated carbocycles. The zero-order valence-corrected chi connectivity index (χ0v) is 19.2. The Labute approximate surface area is 194 Å². The van der Waals surface area contributed by atoms with Crippen molar-refractivity contribution in [1.82, 2.24) is 10.3 Å². The van der Waals surface area contributed by atoms with Crippen LogP contribution in [0.5, 0.6) is 17.2 Å². The fraction of sp³-hybridized carbons (Fsp3) is 0.444. The first kappa shape index (κ1) is 22.0. The van der Waals surface area contributed by atoms with Gasteiger partial charge < -0.3 is 24.6 Å². The lowest BCUT2D eigenvalue weighted by Crippen LogP contribution is -2.41. The molecule has 0 radical (unpaired) electrons. The van der Waals surface area contributed by atoms with Crippen LogP contribution in [0.3, 0.4) is 0 Å². The quantitative estimate of drug-likeness (QED) is 0.558. The van der Waals surface area contributed by atoms with Gasteiger partial charge in [-0.15, -0.1) is 0 Å². The van der Waals surface area contributed by atoms with Crippen molar-refractivity contribution in [2.75, 3.05) is 20.3 Å². The van der Waals surface area contributed by atoms with Gasteiger partial charge in [-0.1, -0.05) is 6.07 Å². The van der Waals surface area contributed by atoms with Gasteiger partial charge in [0.15, 0.2) is 11.5 Å². The highest BCUT2D eigenvalue weighted by Crippen LogP contribution is 2.34. The molecular weight excluding hydrogens is 416 g/mol. The molecule has 2 heterocycles. The van der Waals surface area contributed by atoms with Crippen molar-refractivity contribution in [3.8, 4) is 17.2 Å². The molecule has 6 heteroatoms. The monoisotopic (exact) mass is 448 g/mol. The van der Waals surface area contributed by atoms with Gasteiger partial charge in [-0.3, -0.25) is 4.98 Å². The van der Waals surface area contributed by atoms with Gasteiger partial charge in [-0.2, -0.15) is 0 Å². The van der Waals surface area contributed by atoms with Crippen molar-refractivity contribution in [2.24, 2.45) is 0 Å². The van der Waals surface area contributed by atoms with Crippen LogP contribution in [0.2, 0.25) is 0 Å². The summed E-state index contributed by atoms with van der Waals surface area (Å²) in [5.41, 5.74) is 2.77. The standard InChI is InChI=1S/C27H32N2O4/c1-31-22-3-4-24-23(17-22)20(9-13-28-24)6-10-27(30)11-7-21(8-12-27)29-18-19-2-5-25-26(16-19)33-15-14-32-25/h2-5,9,13,16-17,21,29-30H,6-8,10-12,14-15,18H2,1H3. The van der Waals surface area contributed by atoms with Gasteiger partial charge in [0.25, 0.3) is 0 Å². The van der Waals surface area contributed by atoms with E-state index in [1.807, 2.05) is 30.5 Å². The Morgan fingerprint density at radius 1 is 1.06 bits per heavy atom. The molecule has 0 bridgehead atoms. The molecule has 0 amide bonds. The molecule has 3 aromatic rings. The van der Waals surface area contributed by atoms with E-state index >= 15 is 0 Å². The molecule has 0 unspecified atom stereocenters. The average molecular weight is 449 g/mol. The Morgan fingerprint density at radius 3 is 2.70 bits per heavy atom. The van der Waals surface area contributed by atoms with Gasteiger partial charge in [-0.25, -0.2) is 0 Å². The topological polar surface area (TPSA) is 72.8 Å². The van der Waals surface area contributed by atoms with E-state index in [0.717, 1.165) is 73.2 Å². The van der Waals surface area contributed by atoms with Crippen LogP contribution in [0.1, 0.15) is 43.2 Å². The summed E-state index contributed by atoms with van der Waals surface area (Å²) in [4.78, 5) is 4.47. The Morgan fingerprint density at radius 2 is 1.88 bits per heavy atom. The third-order valence-corrected chi connectivity index (χ3v) is 7.02. The number of pyridine rings is 1. The molecule has 174 valence electrons. The van der Waals surface area contributed by atoms with Crippen LogP contribution < -0.4 is 19.5 Å². The Hall–Kier alpha value is -2.83. The number of aryl methyl sites for hydroxylation is 1. The predicted molar refractivity (Wildman–Crippen MR) is 128 cm³/mol. The molecule has 1 aliphatic heterocycles. The largest absolute Gasteiger partial charge is 0.497 e. The van der Waals surface area contributed by atoms with Crippen LogP contribution in [0.15, 0.2) is 48.7 Å². The molecule has 0 spiro atoms. The third kappa shape index (κ3) is 5.07. The number of benzene rings is 2. The van der Waals surface area contributed by atoms with Gasteiger partial charge in [0.05, 0.1) is 18.2 Å². The van der Waals surface area contributed by atoms with E-state index in [0.29, 0.717) is 19.3 Å². The molecule has 0 saturated heterocycles. The smallest absolute Gasteiger partial charge is 0.161 e. The number of nitrogens with zero attached hydrogens (tertiary/aromatic N) is 1. The number of nitrogens with one attached hydrogen (secondary N) is 1. The summed E-state index contributed by atoms with van der Waals surface area (Å²) in [5.74, 6) is 2.49. The second kappa shape index (κ2) is 9.57. The van der Waals surface area contributed by atoms with E-state index in [9.17, 15) is 5.11 Å². The first-order valence-electron chi connectivity index (χ1n) is 11.9. The molecule has 33 heavy (non-hydrogen) atoms. The highest BCUT2D eigenvalue weighted by atomic mass is 16.6. The first-order chi connectivity index (χ1) is 16.1. The van der Waals surface area contributed by atoms with E-state index in [4.69, 9.17) is 14.2 Å². The number of fused-ring (bicyclic) bond motifs is 2. The molecule has 6 nitrogen and oxygen atoms in total. The summed E-state index contributed by atoms with van der Waals surface area (Å²) in [6, 6.07) is 14.6. The second-order valence-electron chi connectivity index (χ2n) is 9.21. The Kier molecular flexibility index (Phi) is 6.38. The van der Waals surface area contributed by atoms with Crippen molar-refractivity contribution in [3.05, 3.63) is 59.8 Å². The molecule has 0 atom stereocenters. The number of ether oxygens (including phenoxy) is 3. The number of rotatable bonds is 7. The van der Waals surface area contributed by atoms with Gasteiger partial charge >= 0.3 is 0 Å². The Balaban J connectivity index is 1.14. The highest BCUT2D eigenvalue weighted by Gasteiger charge is 2.32. The number of hydrogen-bond donors (Lipinski definition) is 2. The lowest BCUT2D eigenvalue weighted by molar-refractivity contribution is -0.0107. The summed E-state index contributed by atoms with van der Waals surface area (Å²) in [6.45, 7) is 2.01. The van der Waals surface area contributed by atoms with Crippen LogP contribution in [0, 0.1) is 0 Å². The maximum absolute atomic E-state index is 11.2. The maximum Gasteiger partial charge on any atom is 0.161 e. The van der Waals surface area contributed by atoms with Crippen molar-refractivity contribution in [2.45, 2.75) is 56.7 Å². The van der Waals surface area contributed by atoms with E-state index in [1.54, 1.807) is 7.11 Å². The van der Waals surface area contributed by atoms with Crippen LogP contribution in [0.4, 0.5) is 0 Å². The summed E-state index contributed by atoms with van der Waals surface area (Å²) in [6.07, 6.45) is 7.04. The number of hydrogen-bond acceptors (Lipinski definition) is 6. The molecule has 2 N–H and O–H groups in total. The number of aromatic nitrogens is 1. The van der Waals surface area contributed by atoms with E-state index in [-0.39, 0.29) is 0 Å². The number of methoxy groups -OCH3 is 1. The molecular formula is C27H32N2O4. The first-order valence-corrected chi connectivity index (χ1v) is 11.9. The molecule has 1 aromatic heterocycles. The molecule has 5 rings (SSSR count). The van der Waals surface area contributed by atoms with Crippen molar-refractivity contribution < 1.29 is 19.3 Å². The predicted octanol–water partition coefficient (Wildman–Crippen LogP) is 4.41. The summed E-state index contributed by atoms with van der Waals surface area (Å²) < 4.78 is 16.7. The average Bonchev–Trinajstić information content (AvgIpc) is 2.87. The minimum atomic E-state index is -0.608. The normalized spacial score (nSPS) is 22.3. The summed E-state index contributed by atoms with van der Waals surface area (Å²) in [7, 11) is 1.68. The van der Waals surface area contributed by atoms with Gasteiger partial charge in [-0.05, 0) is 86.1 Å². The van der Waals surface area contributed by atoms with Crippen LogP contribution in [-0.2, 0) is 13.0 Å². The fourth-order valence-electron chi connectivity index (χ4n) is 4.96. The van der Waals surface area contributed by atoms with E-state index in [2.05, 4.69) is 28.5 Å². The third-order valence-electron chi connectivity index (χ3n) is 7.02. The van der Waals surface area contributed by atoms with Gasteiger partial charge in [0, 0.05) is 24.2 Å². The van der Waals surface area contributed by atoms with E-state index in [1.165, 1.54) is 11.1 Å². The maximum atomic E-state index is 11.2. The Bertz CT molecular complexity index is 1110. The molecule has 1 aliphatic carbocycles. The van der Waals surface area contributed by atoms with Crippen molar-refractivity contribution in [3.63, 3.8) is 0 Å². The fourth-order valence-corrected chi connectivity index (χ4v) is 4.96. The lowest BCUT2D eigenvalue weighted by atomic mass is 9.78. The minimum Gasteiger partial charge on any atom is -0.497 e. The summed E-state index contributed by atoms with van der Waals surface area (Å²) in [5, 5.41) is 16.0. The van der Waals surface area contributed by atoms with Gasteiger partial charge in [0.1, 0.15) is 19.0 Å². The number of aliphatic hydroxyl groups is 1. The van der Waals surface area contributed by atoms with Crippen LogP contribution in [0.25, 0.3) is 10.9 Å². The van der Waals surface area contributed by atoms with Crippen molar-refractivity contribution in [1.29, 1.82) is 0 Å². The van der Waals surface area contributed by atoms with E-state index < -0.39 is 5.60 Å². The SMILES string of the molecule is COc1ccc2nccc(CCC3(O)CCC(NCc4ccc5c(c4)OCCO5)CC3)c2c1. The van der Waals surface area contributed by atoms with Crippen LogP contribution in [-0.4, -0.2) is 42.1 Å². The van der Waals surface area contributed by atoms with Gasteiger partial charge in [0.2, 0.25) is 0 Å². The molecule has 2 aromatic carbocycles. The van der Waals surface area contributed by atoms with Crippen LogP contribution >= 0.6 is 0 Å². The zero-order chi connectivity index (χ0) is 22.7. The highest BCUT2D eigenvalue weighted by molar-refractivity contribution is 5.83. The van der Waals surface area contributed by atoms with Crippen molar-refractivity contribution >= 4 is 10.9 Å². The second-order valence-corrected chi connectivity index (χ2v) is 9.21. The zero-order valence-electron chi connectivity index (χ0n) is 19.2.